The first kappa shape index (κ1) is 15.6. The molecular weight excluding hydrogens is 267 g/mol. The minimum absolute atomic E-state index is 0.00309. The van der Waals surface area contributed by atoms with Gasteiger partial charge >= 0.3 is 12.0 Å². The van der Waals surface area contributed by atoms with Gasteiger partial charge in [-0.2, -0.15) is 0 Å². The fourth-order valence-corrected chi connectivity index (χ4v) is 1.52. The highest BCUT2D eigenvalue weighted by Gasteiger charge is 2.12. The van der Waals surface area contributed by atoms with Gasteiger partial charge in [0.05, 0.1) is 5.69 Å². The molecule has 0 aliphatic rings. The molecule has 0 radical (unpaired) electrons. The fraction of sp³-hybridized carbons (Fsp3) is 0.308. The molecule has 108 valence electrons. The second kappa shape index (κ2) is 7.22. The lowest BCUT2D eigenvalue weighted by Crippen LogP contribution is -2.34. The van der Waals surface area contributed by atoms with Crippen molar-refractivity contribution in [3.05, 3.63) is 29.6 Å². The molecule has 0 unspecified atom stereocenters. The van der Waals surface area contributed by atoms with Gasteiger partial charge < -0.3 is 10.4 Å². The summed E-state index contributed by atoms with van der Waals surface area (Å²) in [5, 5.41) is 12.7. The summed E-state index contributed by atoms with van der Waals surface area (Å²) in [6.07, 6.45) is -0.107. The number of rotatable bonds is 5. The summed E-state index contributed by atoms with van der Waals surface area (Å²) in [5.74, 6) is -2.22. The normalized spacial score (nSPS) is 9.90. The Morgan fingerprint density at radius 3 is 2.55 bits per heavy atom. The molecule has 0 fully saturated rings. The van der Waals surface area contributed by atoms with Crippen LogP contribution in [0, 0.1) is 12.7 Å². The number of halogens is 1. The van der Waals surface area contributed by atoms with Gasteiger partial charge in [0, 0.05) is 12.8 Å². The lowest BCUT2D eigenvalue weighted by molar-refractivity contribution is -0.137. The van der Waals surface area contributed by atoms with Crippen molar-refractivity contribution in [2.24, 2.45) is 0 Å². The first-order chi connectivity index (χ1) is 9.40. The van der Waals surface area contributed by atoms with Crippen molar-refractivity contribution in [1.29, 1.82) is 0 Å². The van der Waals surface area contributed by atoms with Gasteiger partial charge in [-0.25, -0.2) is 9.18 Å². The zero-order valence-electron chi connectivity index (χ0n) is 10.9. The number of nitrogens with one attached hydrogen (secondary N) is 2. The van der Waals surface area contributed by atoms with Gasteiger partial charge in [0.1, 0.15) is 5.82 Å². The van der Waals surface area contributed by atoms with Crippen molar-refractivity contribution in [1.82, 2.24) is 5.32 Å². The zero-order chi connectivity index (χ0) is 15.1. The third-order valence-electron chi connectivity index (χ3n) is 2.51. The van der Waals surface area contributed by atoms with Gasteiger partial charge in [-0.1, -0.05) is 12.1 Å². The van der Waals surface area contributed by atoms with Gasteiger partial charge in [-0.05, 0) is 25.0 Å². The molecule has 7 heteroatoms. The van der Waals surface area contributed by atoms with E-state index in [4.69, 9.17) is 5.11 Å². The summed E-state index contributed by atoms with van der Waals surface area (Å²) in [5.41, 5.74) is 0.529. The minimum Gasteiger partial charge on any atom is -0.481 e. The van der Waals surface area contributed by atoms with E-state index in [-0.39, 0.29) is 24.9 Å². The van der Waals surface area contributed by atoms with Gasteiger partial charge in [-0.3, -0.25) is 14.9 Å². The maximum absolute atomic E-state index is 13.4. The molecule has 1 aromatic carbocycles. The maximum Gasteiger partial charge on any atom is 0.325 e. The Hall–Kier alpha value is -2.44. The average molecular weight is 282 g/mol. The fourth-order valence-electron chi connectivity index (χ4n) is 1.52. The second-order valence-corrected chi connectivity index (χ2v) is 4.18. The van der Waals surface area contributed by atoms with Crippen molar-refractivity contribution in [2.75, 3.05) is 5.32 Å². The number of hydrogen-bond acceptors (Lipinski definition) is 3. The average Bonchev–Trinajstić information content (AvgIpc) is 2.33. The van der Waals surface area contributed by atoms with Crippen molar-refractivity contribution in [3.8, 4) is 0 Å². The number of urea groups is 1. The second-order valence-electron chi connectivity index (χ2n) is 4.18. The van der Waals surface area contributed by atoms with E-state index in [1.54, 1.807) is 13.0 Å². The van der Waals surface area contributed by atoms with Crippen LogP contribution in [0.1, 0.15) is 24.8 Å². The summed E-state index contributed by atoms with van der Waals surface area (Å²) < 4.78 is 13.4. The highest BCUT2D eigenvalue weighted by atomic mass is 19.1. The standard InChI is InChI=1S/C13H15FN2O4/c1-8-4-2-5-9(14)12(8)16-13(20)15-10(17)6-3-7-11(18)19/h2,4-5H,3,6-7H2,1H3,(H,18,19)(H2,15,16,17,20). The van der Waals surface area contributed by atoms with Crippen molar-refractivity contribution < 1.29 is 23.9 Å². The molecule has 0 bridgehead atoms. The monoisotopic (exact) mass is 282 g/mol. The summed E-state index contributed by atoms with van der Waals surface area (Å²) in [7, 11) is 0. The van der Waals surface area contributed by atoms with Crippen LogP contribution in [-0.4, -0.2) is 23.0 Å². The van der Waals surface area contributed by atoms with E-state index in [0.717, 1.165) is 0 Å². The maximum atomic E-state index is 13.4. The van der Waals surface area contributed by atoms with Crippen LogP contribution in [0.3, 0.4) is 0 Å². The molecule has 0 aromatic heterocycles. The highest BCUT2D eigenvalue weighted by Crippen LogP contribution is 2.18. The van der Waals surface area contributed by atoms with Crippen LogP contribution < -0.4 is 10.6 Å². The topological polar surface area (TPSA) is 95.5 Å². The molecule has 3 amide bonds. The number of carboxylic acid groups (broad SMARTS) is 1. The van der Waals surface area contributed by atoms with Crippen LogP contribution in [-0.2, 0) is 9.59 Å². The van der Waals surface area contributed by atoms with E-state index >= 15 is 0 Å². The molecule has 0 atom stereocenters. The molecule has 1 aromatic rings. The molecule has 0 saturated carbocycles. The molecule has 3 N–H and O–H groups in total. The highest BCUT2D eigenvalue weighted by molar-refractivity contribution is 6.01. The van der Waals surface area contributed by atoms with Gasteiger partial charge in [-0.15, -0.1) is 0 Å². The number of anilines is 1. The number of aliphatic carboxylic acids is 1. The van der Waals surface area contributed by atoms with Crippen LogP contribution in [0.5, 0.6) is 0 Å². The predicted molar refractivity (Wildman–Crippen MR) is 69.8 cm³/mol. The van der Waals surface area contributed by atoms with Crippen molar-refractivity contribution in [2.45, 2.75) is 26.2 Å². The Morgan fingerprint density at radius 1 is 1.25 bits per heavy atom. The Bertz CT molecular complexity index is 511. The summed E-state index contributed by atoms with van der Waals surface area (Å²) >= 11 is 0. The lowest BCUT2D eigenvalue weighted by Gasteiger charge is -2.09. The molecule has 0 aliphatic carbocycles. The summed E-state index contributed by atoms with van der Waals surface area (Å²) in [6.45, 7) is 1.62. The van der Waals surface area contributed by atoms with E-state index in [0.29, 0.717) is 5.56 Å². The van der Waals surface area contributed by atoms with E-state index in [2.05, 4.69) is 5.32 Å². The van der Waals surface area contributed by atoms with Gasteiger partial charge in [0.25, 0.3) is 0 Å². The third kappa shape index (κ3) is 5.05. The molecule has 1 rings (SSSR count). The largest absolute Gasteiger partial charge is 0.481 e. The van der Waals surface area contributed by atoms with Crippen molar-refractivity contribution >= 4 is 23.6 Å². The number of benzene rings is 1. The quantitative estimate of drug-likeness (QED) is 0.770. The zero-order valence-corrected chi connectivity index (χ0v) is 10.9. The molecule has 20 heavy (non-hydrogen) atoms. The number of carboxylic acids is 1. The first-order valence-corrected chi connectivity index (χ1v) is 5.98. The van der Waals surface area contributed by atoms with Crippen LogP contribution in [0.4, 0.5) is 14.9 Å². The molecule has 0 aliphatic heterocycles. The Morgan fingerprint density at radius 2 is 1.95 bits per heavy atom. The molecule has 0 spiro atoms. The number of carbonyl (C=O) groups excluding carboxylic acids is 2. The lowest BCUT2D eigenvalue weighted by atomic mass is 10.2. The smallest absolute Gasteiger partial charge is 0.325 e. The van der Waals surface area contributed by atoms with Crippen molar-refractivity contribution in [3.63, 3.8) is 0 Å². The van der Waals surface area contributed by atoms with Crippen LogP contribution in [0.25, 0.3) is 0 Å². The minimum atomic E-state index is -1.01. The number of imide groups is 1. The number of aryl methyl sites for hydroxylation is 1. The van der Waals surface area contributed by atoms with Gasteiger partial charge in [0.2, 0.25) is 5.91 Å². The predicted octanol–water partition coefficient (Wildman–Crippen LogP) is 2.04. The SMILES string of the molecule is Cc1cccc(F)c1NC(=O)NC(=O)CCCC(=O)O. The summed E-state index contributed by atoms with van der Waals surface area (Å²) in [6, 6.07) is 3.47. The summed E-state index contributed by atoms with van der Waals surface area (Å²) in [4.78, 5) is 33.1. The Balaban J connectivity index is 2.47. The Kier molecular flexibility index (Phi) is 5.64. The van der Waals surface area contributed by atoms with E-state index in [1.165, 1.54) is 12.1 Å². The number of amides is 3. The van der Waals surface area contributed by atoms with E-state index in [9.17, 15) is 18.8 Å². The number of carbonyl (C=O) groups is 3. The van der Waals surface area contributed by atoms with Crippen LogP contribution >= 0.6 is 0 Å². The molecule has 0 heterocycles. The van der Waals surface area contributed by atoms with Crippen LogP contribution in [0.2, 0.25) is 0 Å². The number of para-hydroxylation sites is 1. The molecular formula is C13H15FN2O4. The van der Waals surface area contributed by atoms with E-state index < -0.39 is 23.7 Å². The first-order valence-electron chi connectivity index (χ1n) is 5.98. The van der Waals surface area contributed by atoms with E-state index in [1.807, 2.05) is 5.32 Å². The number of hydrogen-bond donors (Lipinski definition) is 3. The Labute approximate surface area is 115 Å². The molecule has 6 nitrogen and oxygen atoms in total. The third-order valence-corrected chi connectivity index (χ3v) is 2.51. The van der Waals surface area contributed by atoms with Gasteiger partial charge in [0.15, 0.2) is 0 Å². The molecule has 0 saturated heterocycles. The van der Waals surface area contributed by atoms with Crippen LogP contribution in [0.15, 0.2) is 18.2 Å².